The predicted octanol–water partition coefficient (Wildman–Crippen LogP) is 1.25. The summed E-state index contributed by atoms with van der Waals surface area (Å²) < 4.78 is 5.08. The van der Waals surface area contributed by atoms with E-state index in [0.717, 1.165) is 0 Å². The number of benzene rings is 1. The molecule has 0 fully saturated rings. The maximum atomic E-state index is 11.9. The summed E-state index contributed by atoms with van der Waals surface area (Å²) in [5, 5.41) is 2.72. The predicted molar refractivity (Wildman–Crippen MR) is 84.8 cm³/mol. The largest absolute Gasteiger partial charge is 0.497 e. The number of likely N-dealkylation sites (N-methyl/N-ethyl adjacent to an activating group) is 1. The average Bonchev–Trinajstić information content (AvgIpc) is 2.44. The molecular weight excluding hydrogens is 294 g/mol. The van der Waals surface area contributed by atoms with Crippen LogP contribution in [0.4, 0.5) is 5.69 Å². The number of nitrogens with two attached hydrogens (primary N) is 1. The summed E-state index contributed by atoms with van der Waals surface area (Å²) in [4.78, 5) is 25.1. The van der Waals surface area contributed by atoms with Gasteiger partial charge in [-0.2, -0.15) is 0 Å². The highest BCUT2D eigenvalue weighted by molar-refractivity contribution is 5.95. The average molecular weight is 316 g/mol. The van der Waals surface area contributed by atoms with Crippen LogP contribution in [-0.4, -0.2) is 43.0 Å². The highest BCUT2D eigenvalue weighted by atomic mass is 35.5. The van der Waals surface area contributed by atoms with Gasteiger partial charge in [-0.3, -0.25) is 9.59 Å². The minimum Gasteiger partial charge on any atom is -0.497 e. The molecule has 21 heavy (non-hydrogen) atoms. The Balaban J connectivity index is 0.00000400. The number of hydrogen-bond donors (Lipinski definition) is 2. The second-order valence-corrected chi connectivity index (χ2v) is 4.42. The minimum atomic E-state index is -0.612. The van der Waals surface area contributed by atoms with Crippen molar-refractivity contribution in [1.29, 1.82) is 0 Å². The van der Waals surface area contributed by atoms with Crippen molar-refractivity contribution in [2.24, 2.45) is 5.73 Å². The summed E-state index contributed by atoms with van der Waals surface area (Å²) in [6.07, 6.45) is 0. The molecule has 0 saturated heterocycles. The van der Waals surface area contributed by atoms with Crippen LogP contribution in [0, 0.1) is 0 Å². The lowest BCUT2D eigenvalue weighted by molar-refractivity contribution is -0.135. The highest BCUT2D eigenvalue weighted by Crippen LogP contribution is 2.16. The van der Waals surface area contributed by atoms with Crippen LogP contribution in [0.3, 0.4) is 0 Å². The maximum absolute atomic E-state index is 11.9. The van der Waals surface area contributed by atoms with Gasteiger partial charge in [0.05, 0.1) is 19.7 Å². The van der Waals surface area contributed by atoms with E-state index in [9.17, 15) is 9.59 Å². The lowest BCUT2D eigenvalue weighted by Gasteiger charge is -2.22. The van der Waals surface area contributed by atoms with Gasteiger partial charge < -0.3 is 20.7 Å². The van der Waals surface area contributed by atoms with Crippen molar-refractivity contribution in [3.05, 3.63) is 24.3 Å². The van der Waals surface area contributed by atoms with E-state index in [1.807, 2.05) is 0 Å². The second kappa shape index (κ2) is 9.20. The van der Waals surface area contributed by atoms with Gasteiger partial charge in [0.15, 0.2) is 0 Å². The molecule has 6 nitrogen and oxygen atoms in total. The topological polar surface area (TPSA) is 84.7 Å². The number of anilines is 1. The molecule has 1 unspecified atom stereocenters. The molecule has 1 aromatic rings. The summed E-state index contributed by atoms with van der Waals surface area (Å²) in [5.41, 5.74) is 6.16. The molecule has 118 valence electrons. The van der Waals surface area contributed by atoms with Crippen molar-refractivity contribution in [2.45, 2.75) is 19.9 Å². The zero-order chi connectivity index (χ0) is 15.1. The monoisotopic (exact) mass is 315 g/mol. The third kappa shape index (κ3) is 6.01. The van der Waals surface area contributed by atoms with Gasteiger partial charge in [0.25, 0.3) is 0 Å². The quantitative estimate of drug-likeness (QED) is 0.827. The van der Waals surface area contributed by atoms with E-state index in [0.29, 0.717) is 18.0 Å². The summed E-state index contributed by atoms with van der Waals surface area (Å²) in [5.74, 6) is 0.143. The molecule has 1 aromatic carbocycles. The van der Waals surface area contributed by atoms with Crippen LogP contribution >= 0.6 is 12.4 Å². The number of methoxy groups -OCH3 is 1. The van der Waals surface area contributed by atoms with Gasteiger partial charge in [-0.1, -0.05) is 6.07 Å². The van der Waals surface area contributed by atoms with Crippen molar-refractivity contribution in [2.75, 3.05) is 25.5 Å². The van der Waals surface area contributed by atoms with Crippen LogP contribution in [0.1, 0.15) is 13.8 Å². The number of ether oxygens (including phenoxy) is 1. The minimum absolute atomic E-state index is 0. The lowest BCUT2D eigenvalue weighted by atomic mass is 10.3. The fourth-order valence-electron chi connectivity index (χ4n) is 1.71. The molecule has 0 heterocycles. The van der Waals surface area contributed by atoms with Crippen molar-refractivity contribution >= 4 is 29.9 Å². The molecule has 0 aromatic heterocycles. The van der Waals surface area contributed by atoms with Gasteiger partial charge in [0, 0.05) is 18.3 Å². The first-order chi connectivity index (χ1) is 9.47. The number of carbonyl (C=O) groups excluding carboxylic acids is 2. The Morgan fingerprint density at radius 2 is 2.10 bits per heavy atom. The Morgan fingerprint density at radius 3 is 2.62 bits per heavy atom. The molecule has 0 aliphatic carbocycles. The molecular formula is C14H22ClN3O3. The Labute approximate surface area is 131 Å². The lowest BCUT2D eigenvalue weighted by Crippen LogP contribution is -2.45. The van der Waals surface area contributed by atoms with Crippen molar-refractivity contribution in [3.63, 3.8) is 0 Å². The van der Waals surface area contributed by atoms with Gasteiger partial charge in [0.1, 0.15) is 5.75 Å². The van der Waals surface area contributed by atoms with Crippen LogP contribution in [-0.2, 0) is 9.59 Å². The molecule has 0 radical (unpaired) electrons. The van der Waals surface area contributed by atoms with Crippen LogP contribution in [0.5, 0.6) is 5.75 Å². The molecule has 7 heteroatoms. The van der Waals surface area contributed by atoms with E-state index in [1.165, 1.54) is 4.90 Å². The molecule has 0 aliphatic rings. The second-order valence-electron chi connectivity index (χ2n) is 4.42. The number of halogens is 1. The highest BCUT2D eigenvalue weighted by Gasteiger charge is 2.18. The zero-order valence-corrected chi connectivity index (χ0v) is 13.3. The first-order valence-electron chi connectivity index (χ1n) is 6.46. The summed E-state index contributed by atoms with van der Waals surface area (Å²) in [7, 11) is 1.56. The molecule has 0 spiro atoms. The number of rotatable bonds is 6. The van der Waals surface area contributed by atoms with Gasteiger partial charge in [-0.15, -0.1) is 12.4 Å². The Bertz CT molecular complexity index is 480. The molecule has 0 bridgehead atoms. The summed E-state index contributed by atoms with van der Waals surface area (Å²) in [6, 6.07) is 6.41. The van der Waals surface area contributed by atoms with Crippen molar-refractivity contribution in [3.8, 4) is 5.75 Å². The van der Waals surface area contributed by atoms with E-state index in [4.69, 9.17) is 10.5 Å². The first kappa shape index (κ1) is 19.2. The summed E-state index contributed by atoms with van der Waals surface area (Å²) >= 11 is 0. The fraction of sp³-hybridized carbons (Fsp3) is 0.429. The molecule has 0 aliphatic heterocycles. The number of nitrogens with zero attached hydrogens (tertiary/aromatic N) is 1. The number of nitrogens with one attached hydrogen (secondary N) is 1. The number of amides is 2. The van der Waals surface area contributed by atoms with E-state index < -0.39 is 6.04 Å². The molecule has 1 rings (SSSR count). The smallest absolute Gasteiger partial charge is 0.243 e. The molecule has 1 atom stereocenters. The zero-order valence-electron chi connectivity index (χ0n) is 12.5. The fourth-order valence-corrected chi connectivity index (χ4v) is 1.71. The van der Waals surface area contributed by atoms with Crippen LogP contribution in [0.25, 0.3) is 0 Å². The van der Waals surface area contributed by atoms with Crippen LogP contribution in [0.2, 0.25) is 0 Å². The third-order valence-electron chi connectivity index (χ3n) is 2.77. The van der Waals surface area contributed by atoms with Crippen LogP contribution < -0.4 is 15.8 Å². The Morgan fingerprint density at radius 1 is 1.43 bits per heavy atom. The van der Waals surface area contributed by atoms with Crippen LogP contribution in [0.15, 0.2) is 24.3 Å². The van der Waals surface area contributed by atoms with Gasteiger partial charge in [-0.25, -0.2) is 0 Å². The SMILES string of the molecule is CCN(CC(=O)Nc1cccc(OC)c1)C(=O)C(C)N.Cl. The number of hydrogen-bond acceptors (Lipinski definition) is 4. The van der Waals surface area contributed by atoms with Crippen molar-refractivity contribution in [1.82, 2.24) is 4.90 Å². The maximum Gasteiger partial charge on any atom is 0.243 e. The van der Waals surface area contributed by atoms with E-state index >= 15 is 0 Å². The molecule has 0 saturated carbocycles. The van der Waals surface area contributed by atoms with E-state index in [2.05, 4.69) is 5.32 Å². The van der Waals surface area contributed by atoms with Gasteiger partial charge >= 0.3 is 0 Å². The van der Waals surface area contributed by atoms with E-state index in [1.54, 1.807) is 45.2 Å². The first-order valence-corrected chi connectivity index (χ1v) is 6.46. The standard InChI is InChI=1S/C14H21N3O3.ClH/c1-4-17(14(19)10(2)15)9-13(18)16-11-6-5-7-12(8-11)20-3;/h5-8,10H,4,9,15H2,1-3H3,(H,16,18);1H. The molecule has 3 N–H and O–H groups in total. The van der Waals surface area contributed by atoms with Crippen molar-refractivity contribution < 1.29 is 14.3 Å². The third-order valence-corrected chi connectivity index (χ3v) is 2.77. The Hall–Kier alpha value is -1.79. The molecule has 2 amide bonds. The van der Waals surface area contributed by atoms with E-state index in [-0.39, 0.29) is 30.8 Å². The number of carbonyl (C=O) groups is 2. The normalized spacial score (nSPS) is 11.0. The van der Waals surface area contributed by atoms with Gasteiger partial charge in [-0.05, 0) is 26.0 Å². The Kier molecular flexibility index (Phi) is 8.42. The summed E-state index contributed by atoms with van der Waals surface area (Å²) in [6.45, 7) is 3.82. The van der Waals surface area contributed by atoms with Gasteiger partial charge in [0.2, 0.25) is 11.8 Å².